The summed E-state index contributed by atoms with van der Waals surface area (Å²) in [6.07, 6.45) is 5.11. The maximum absolute atomic E-state index is 13.0. The van der Waals surface area contributed by atoms with Gasteiger partial charge in [-0.15, -0.1) is 0 Å². The molecule has 1 amide bonds. The van der Waals surface area contributed by atoms with E-state index in [0.717, 1.165) is 29.9 Å². The molecule has 2 heterocycles. The Labute approximate surface area is 201 Å². The Kier molecular flexibility index (Phi) is 6.54. The summed E-state index contributed by atoms with van der Waals surface area (Å²) in [5.74, 6) is 2.27. The Bertz CT molecular complexity index is 1100. The van der Waals surface area contributed by atoms with Crippen molar-refractivity contribution in [1.29, 1.82) is 0 Å². The average Bonchev–Trinajstić information content (AvgIpc) is 3.05. The fourth-order valence-electron chi connectivity index (χ4n) is 5.21. The molecule has 2 bridgehead atoms. The molecule has 3 aromatic rings. The molecule has 0 aromatic heterocycles. The Hall–Kier alpha value is -3.31. The molecule has 2 atom stereocenters. The van der Waals surface area contributed by atoms with Crippen molar-refractivity contribution in [3.8, 4) is 17.2 Å². The zero-order chi connectivity index (χ0) is 23.5. The number of nitrogens with zero attached hydrogens (tertiary/aromatic N) is 2. The van der Waals surface area contributed by atoms with Gasteiger partial charge in [-0.2, -0.15) is 0 Å². The quantitative estimate of drug-likeness (QED) is 0.454. The van der Waals surface area contributed by atoms with E-state index in [1.54, 1.807) is 11.0 Å². The highest BCUT2D eigenvalue weighted by Crippen LogP contribution is 2.36. The lowest BCUT2D eigenvalue weighted by Gasteiger charge is -2.36. The third-order valence-electron chi connectivity index (χ3n) is 7.11. The van der Waals surface area contributed by atoms with E-state index in [4.69, 9.17) is 9.47 Å². The van der Waals surface area contributed by atoms with E-state index in [-0.39, 0.29) is 5.91 Å². The van der Waals surface area contributed by atoms with E-state index in [2.05, 4.69) is 24.1 Å². The molecule has 0 aliphatic carbocycles. The molecule has 5 heteroatoms. The zero-order valence-corrected chi connectivity index (χ0v) is 19.9. The van der Waals surface area contributed by atoms with Crippen LogP contribution in [0.1, 0.15) is 41.6 Å². The predicted molar refractivity (Wildman–Crippen MR) is 133 cm³/mol. The van der Waals surface area contributed by atoms with E-state index in [1.807, 2.05) is 67.7 Å². The van der Waals surface area contributed by atoms with Crippen LogP contribution in [0.5, 0.6) is 17.2 Å². The number of rotatable bonds is 7. The molecule has 2 unspecified atom stereocenters. The normalized spacial score (nSPS) is 21.8. The largest absolute Gasteiger partial charge is 0.490 e. The maximum Gasteiger partial charge on any atom is 0.254 e. The van der Waals surface area contributed by atoms with Gasteiger partial charge in [-0.3, -0.25) is 4.79 Å². The predicted octanol–water partition coefficient (Wildman–Crippen LogP) is 5.76. The monoisotopic (exact) mass is 456 g/mol. The number of hydrogen-bond acceptors (Lipinski definition) is 4. The summed E-state index contributed by atoms with van der Waals surface area (Å²) < 4.78 is 12.2. The summed E-state index contributed by atoms with van der Waals surface area (Å²) in [5.41, 5.74) is 1.68. The molecule has 2 aliphatic heterocycles. The minimum Gasteiger partial charge on any atom is -0.490 e. The minimum atomic E-state index is -0.0411. The molecule has 0 saturated carbocycles. The Morgan fingerprint density at radius 3 is 2.26 bits per heavy atom. The second kappa shape index (κ2) is 9.90. The zero-order valence-electron chi connectivity index (χ0n) is 19.9. The second-order valence-corrected chi connectivity index (χ2v) is 9.51. The van der Waals surface area contributed by atoms with E-state index < -0.39 is 0 Å². The fraction of sp³-hybridized carbons (Fsp3) is 0.345. The number of piperidine rings is 1. The van der Waals surface area contributed by atoms with E-state index in [0.29, 0.717) is 36.0 Å². The topological polar surface area (TPSA) is 42.0 Å². The molecule has 0 spiro atoms. The summed E-state index contributed by atoms with van der Waals surface area (Å²) in [6, 6.07) is 26.4. The average molecular weight is 457 g/mol. The van der Waals surface area contributed by atoms with Gasteiger partial charge in [0, 0.05) is 31.2 Å². The number of carbonyl (C=O) groups is 1. The molecule has 5 rings (SSSR count). The molecule has 0 N–H and O–H groups in total. The summed E-state index contributed by atoms with van der Waals surface area (Å²) in [7, 11) is 4.07. The molecule has 2 saturated heterocycles. The van der Waals surface area contributed by atoms with Gasteiger partial charge >= 0.3 is 0 Å². The van der Waals surface area contributed by atoms with Crippen LogP contribution in [0.15, 0.2) is 78.9 Å². The lowest BCUT2D eigenvalue weighted by atomic mass is 10.0. The summed E-state index contributed by atoms with van der Waals surface area (Å²) in [5, 5.41) is 0. The first-order valence-electron chi connectivity index (χ1n) is 12.1. The van der Waals surface area contributed by atoms with Crippen molar-refractivity contribution in [1.82, 2.24) is 9.80 Å². The summed E-state index contributed by atoms with van der Waals surface area (Å²) >= 11 is 0. The van der Waals surface area contributed by atoms with Gasteiger partial charge in [0.15, 0.2) is 0 Å². The van der Waals surface area contributed by atoms with Crippen LogP contribution in [-0.2, 0) is 6.54 Å². The van der Waals surface area contributed by atoms with Crippen molar-refractivity contribution in [2.75, 3.05) is 14.1 Å². The third kappa shape index (κ3) is 5.10. The van der Waals surface area contributed by atoms with E-state index in [1.165, 1.54) is 12.8 Å². The van der Waals surface area contributed by atoms with Crippen LogP contribution >= 0.6 is 0 Å². The van der Waals surface area contributed by atoms with Gasteiger partial charge in [-0.1, -0.05) is 36.4 Å². The van der Waals surface area contributed by atoms with E-state index >= 15 is 0 Å². The SMILES string of the molecule is CN(Cc1ccc(OC2CC3CCC(C2)N3C)cc1)C(=O)c1cccc(Oc2ccccc2)c1. The molecule has 2 fully saturated rings. The molecule has 34 heavy (non-hydrogen) atoms. The number of benzene rings is 3. The number of amides is 1. The van der Waals surface area contributed by atoms with Crippen LogP contribution in [-0.4, -0.2) is 48.0 Å². The van der Waals surface area contributed by atoms with Crippen LogP contribution in [0, 0.1) is 0 Å². The Morgan fingerprint density at radius 2 is 1.56 bits per heavy atom. The fourth-order valence-corrected chi connectivity index (χ4v) is 5.21. The Morgan fingerprint density at radius 1 is 0.882 bits per heavy atom. The highest BCUT2D eigenvalue weighted by molar-refractivity contribution is 5.94. The van der Waals surface area contributed by atoms with Crippen LogP contribution in [0.4, 0.5) is 0 Å². The van der Waals surface area contributed by atoms with Gasteiger partial charge in [0.25, 0.3) is 5.91 Å². The maximum atomic E-state index is 13.0. The first-order valence-corrected chi connectivity index (χ1v) is 12.1. The molecule has 0 radical (unpaired) electrons. The first kappa shape index (κ1) is 22.5. The number of ether oxygens (including phenoxy) is 2. The molecular formula is C29H32N2O3. The molecule has 5 nitrogen and oxygen atoms in total. The molecular weight excluding hydrogens is 424 g/mol. The smallest absolute Gasteiger partial charge is 0.254 e. The van der Waals surface area contributed by atoms with Crippen molar-refractivity contribution < 1.29 is 14.3 Å². The Balaban J connectivity index is 1.17. The lowest BCUT2D eigenvalue weighted by molar-refractivity contribution is 0.0661. The van der Waals surface area contributed by atoms with Crippen LogP contribution in [0.25, 0.3) is 0 Å². The molecule has 3 aromatic carbocycles. The van der Waals surface area contributed by atoms with Crippen molar-refractivity contribution >= 4 is 5.91 Å². The number of carbonyl (C=O) groups excluding carboxylic acids is 1. The number of fused-ring (bicyclic) bond motifs is 2. The first-order chi connectivity index (χ1) is 16.5. The lowest BCUT2D eigenvalue weighted by Crippen LogP contribution is -2.43. The molecule has 2 aliphatic rings. The number of para-hydroxylation sites is 1. The number of hydrogen-bond donors (Lipinski definition) is 0. The van der Waals surface area contributed by atoms with Crippen molar-refractivity contribution in [3.05, 3.63) is 90.0 Å². The second-order valence-electron chi connectivity index (χ2n) is 9.51. The van der Waals surface area contributed by atoms with Crippen molar-refractivity contribution in [2.24, 2.45) is 0 Å². The van der Waals surface area contributed by atoms with Gasteiger partial charge < -0.3 is 19.3 Å². The van der Waals surface area contributed by atoms with E-state index in [9.17, 15) is 4.79 Å². The highest BCUT2D eigenvalue weighted by Gasteiger charge is 2.39. The van der Waals surface area contributed by atoms with Crippen molar-refractivity contribution in [3.63, 3.8) is 0 Å². The van der Waals surface area contributed by atoms with Gasteiger partial charge in [-0.05, 0) is 80.8 Å². The summed E-state index contributed by atoms with van der Waals surface area (Å²) in [4.78, 5) is 17.3. The van der Waals surface area contributed by atoms with Crippen molar-refractivity contribution in [2.45, 2.75) is 50.4 Å². The molecule has 176 valence electrons. The van der Waals surface area contributed by atoms with Crippen LogP contribution < -0.4 is 9.47 Å². The highest BCUT2D eigenvalue weighted by atomic mass is 16.5. The van der Waals surface area contributed by atoms with Gasteiger partial charge in [-0.25, -0.2) is 0 Å². The van der Waals surface area contributed by atoms with Gasteiger partial charge in [0.1, 0.15) is 23.4 Å². The van der Waals surface area contributed by atoms with Gasteiger partial charge in [0.2, 0.25) is 0 Å². The summed E-state index contributed by atoms with van der Waals surface area (Å²) in [6.45, 7) is 0.529. The van der Waals surface area contributed by atoms with Crippen LogP contribution in [0.3, 0.4) is 0 Å². The minimum absolute atomic E-state index is 0.0411. The standard InChI is InChI=1S/C29H32N2O3/c1-30(29(32)22-7-6-10-27(17-22)33-25-8-4-3-5-9-25)20-21-11-15-26(16-12-21)34-28-18-23-13-14-24(19-28)31(23)2/h3-12,15-17,23-24,28H,13-14,18-20H2,1-2H3. The van der Waals surface area contributed by atoms with Crippen LogP contribution in [0.2, 0.25) is 0 Å². The van der Waals surface area contributed by atoms with Gasteiger partial charge in [0.05, 0.1) is 0 Å². The third-order valence-corrected chi connectivity index (χ3v) is 7.11.